The number of likely N-dealkylation sites (N-methyl/N-ethyl adjacent to an activating group) is 1. The molecule has 96 valence electrons. The lowest BCUT2D eigenvalue weighted by Gasteiger charge is -2.17. The van der Waals surface area contributed by atoms with E-state index in [4.69, 9.17) is 4.42 Å². The average Bonchev–Trinajstić information content (AvgIpc) is 2.82. The van der Waals surface area contributed by atoms with Crippen LogP contribution in [-0.4, -0.2) is 12.6 Å². The van der Waals surface area contributed by atoms with Gasteiger partial charge in [-0.2, -0.15) is 0 Å². The van der Waals surface area contributed by atoms with E-state index in [1.54, 1.807) is 24.7 Å². The van der Waals surface area contributed by atoms with Gasteiger partial charge in [0.2, 0.25) is 0 Å². The normalized spacial score (nSPS) is 12.6. The molecule has 1 unspecified atom stereocenters. The molecule has 18 heavy (non-hydrogen) atoms. The fraction of sp³-hybridized carbons (Fsp3) is 0.333. The van der Waals surface area contributed by atoms with E-state index in [9.17, 15) is 4.39 Å². The zero-order valence-electron chi connectivity index (χ0n) is 10.5. The van der Waals surface area contributed by atoms with Gasteiger partial charge in [0, 0.05) is 6.04 Å². The van der Waals surface area contributed by atoms with Crippen LogP contribution in [0.4, 0.5) is 4.39 Å². The molecule has 1 atom stereocenters. The van der Waals surface area contributed by atoms with E-state index in [1.165, 1.54) is 6.07 Å². The van der Waals surface area contributed by atoms with E-state index in [2.05, 4.69) is 12.2 Å². The van der Waals surface area contributed by atoms with Crippen molar-refractivity contribution < 1.29 is 8.81 Å². The molecule has 0 saturated heterocycles. The zero-order valence-corrected chi connectivity index (χ0v) is 10.5. The second-order valence-electron chi connectivity index (χ2n) is 4.42. The molecule has 0 amide bonds. The molecule has 1 aromatic heterocycles. The highest BCUT2D eigenvalue weighted by atomic mass is 19.1. The predicted molar refractivity (Wildman–Crippen MR) is 70.0 cm³/mol. The summed E-state index contributed by atoms with van der Waals surface area (Å²) in [5.74, 6) is -0.175. The van der Waals surface area contributed by atoms with Gasteiger partial charge in [-0.3, -0.25) is 0 Å². The Bertz CT molecular complexity index is 467. The van der Waals surface area contributed by atoms with Gasteiger partial charge in [0.1, 0.15) is 5.82 Å². The van der Waals surface area contributed by atoms with Crippen molar-refractivity contribution in [1.82, 2.24) is 5.32 Å². The highest BCUT2D eigenvalue weighted by Gasteiger charge is 2.10. The van der Waals surface area contributed by atoms with Gasteiger partial charge in [-0.05, 0) is 48.7 Å². The Morgan fingerprint density at radius 3 is 2.72 bits per heavy atom. The highest BCUT2D eigenvalue weighted by Crippen LogP contribution is 2.11. The van der Waals surface area contributed by atoms with Crippen LogP contribution in [0.1, 0.15) is 18.1 Å². The highest BCUT2D eigenvalue weighted by molar-refractivity contribution is 5.18. The van der Waals surface area contributed by atoms with E-state index in [0.29, 0.717) is 6.04 Å². The average molecular weight is 247 g/mol. The SMILES string of the molecule is CCNC(Cc1ccoc1)Cc1cccc(F)c1. The third-order valence-corrected chi connectivity index (χ3v) is 2.93. The smallest absolute Gasteiger partial charge is 0.123 e. The van der Waals surface area contributed by atoms with Crippen molar-refractivity contribution >= 4 is 0 Å². The molecule has 2 aromatic rings. The van der Waals surface area contributed by atoms with E-state index in [-0.39, 0.29) is 5.82 Å². The van der Waals surface area contributed by atoms with Crippen LogP contribution in [0.3, 0.4) is 0 Å². The summed E-state index contributed by atoms with van der Waals surface area (Å²) in [6, 6.07) is 9.06. The standard InChI is InChI=1S/C15H18FNO/c1-2-17-15(10-13-6-7-18-11-13)9-12-4-3-5-14(16)8-12/h3-8,11,15,17H,2,9-10H2,1H3. The van der Waals surface area contributed by atoms with Gasteiger partial charge in [0.05, 0.1) is 12.5 Å². The number of nitrogens with one attached hydrogen (secondary N) is 1. The molecule has 1 aromatic carbocycles. The summed E-state index contributed by atoms with van der Waals surface area (Å²) in [5.41, 5.74) is 2.18. The Hall–Kier alpha value is -1.61. The summed E-state index contributed by atoms with van der Waals surface area (Å²) in [6.45, 7) is 2.98. The fourth-order valence-electron chi connectivity index (χ4n) is 2.15. The van der Waals surface area contributed by atoms with Gasteiger partial charge < -0.3 is 9.73 Å². The first-order valence-corrected chi connectivity index (χ1v) is 6.27. The molecule has 2 rings (SSSR count). The van der Waals surface area contributed by atoms with Gasteiger partial charge >= 0.3 is 0 Å². The molecule has 0 saturated carbocycles. The van der Waals surface area contributed by atoms with Crippen molar-refractivity contribution in [2.45, 2.75) is 25.8 Å². The summed E-state index contributed by atoms with van der Waals surface area (Å²) in [7, 11) is 0. The Labute approximate surface area is 107 Å². The van der Waals surface area contributed by atoms with Crippen LogP contribution in [0, 0.1) is 5.82 Å². The molecule has 0 bridgehead atoms. The summed E-state index contributed by atoms with van der Waals surface area (Å²) in [6.07, 6.45) is 5.15. The molecule has 1 heterocycles. The van der Waals surface area contributed by atoms with Crippen LogP contribution in [0.25, 0.3) is 0 Å². The van der Waals surface area contributed by atoms with Gasteiger partial charge in [-0.25, -0.2) is 4.39 Å². The molecule has 0 aliphatic carbocycles. The van der Waals surface area contributed by atoms with Crippen molar-refractivity contribution in [3.8, 4) is 0 Å². The number of furan rings is 1. The van der Waals surface area contributed by atoms with Crippen LogP contribution in [0.5, 0.6) is 0 Å². The first-order chi connectivity index (χ1) is 8.78. The number of hydrogen-bond acceptors (Lipinski definition) is 2. The van der Waals surface area contributed by atoms with Crippen molar-refractivity contribution in [3.63, 3.8) is 0 Å². The zero-order chi connectivity index (χ0) is 12.8. The van der Waals surface area contributed by atoms with Crippen LogP contribution < -0.4 is 5.32 Å². The Morgan fingerprint density at radius 1 is 1.22 bits per heavy atom. The van der Waals surface area contributed by atoms with Crippen molar-refractivity contribution in [3.05, 3.63) is 59.8 Å². The maximum absolute atomic E-state index is 13.1. The molecule has 0 spiro atoms. The maximum atomic E-state index is 13.1. The van der Waals surface area contributed by atoms with Crippen molar-refractivity contribution in [2.24, 2.45) is 0 Å². The van der Waals surface area contributed by atoms with Crippen LogP contribution in [0.15, 0.2) is 47.3 Å². The second-order valence-corrected chi connectivity index (χ2v) is 4.42. The molecular weight excluding hydrogens is 229 g/mol. The molecule has 0 radical (unpaired) electrons. The number of benzene rings is 1. The fourth-order valence-corrected chi connectivity index (χ4v) is 2.15. The van der Waals surface area contributed by atoms with E-state index < -0.39 is 0 Å². The lowest BCUT2D eigenvalue weighted by molar-refractivity contribution is 0.512. The number of hydrogen-bond donors (Lipinski definition) is 1. The van der Waals surface area contributed by atoms with Crippen LogP contribution in [0.2, 0.25) is 0 Å². The molecule has 0 aliphatic heterocycles. The lowest BCUT2D eigenvalue weighted by atomic mass is 10.0. The topological polar surface area (TPSA) is 25.2 Å². The Balaban J connectivity index is 2.01. The van der Waals surface area contributed by atoms with Crippen LogP contribution in [-0.2, 0) is 12.8 Å². The lowest BCUT2D eigenvalue weighted by Crippen LogP contribution is -2.32. The number of halogens is 1. The predicted octanol–water partition coefficient (Wildman–Crippen LogP) is 3.18. The molecular formula is C15H18FNO. The largest absolute Gasteiger partial charge is 0.472 e. The number of rotatable bonds is 6. The van der Waals surface area contributed by atoms with E-state index >= 15 is 0 Å². The van der Waals surface area contributed by atoms with E-state index in [1.807, 2.05) is 12.1 Å². The summed E-state index contributed by atoms with van der Waals surface area (Å²) in [5, 5.41) is 3.42. The minimum absolute atomic E-state index is 0.175. The summed E-state index contributed by atoms with van der Waals surface area (Å²) >= 11 is 0. The monoisotopic (exact) mass is 247 g/mol. The van der Waals surface area contributed by atoms with Gasteiger partial charge in [0.15, 0.2) is 0 Å². The van der Waals surface area contributed by atoms with Crippen LogP contribution >= 0.6 is 0 Å². The quantitative estimate of drug-likeness (QED) is 0.848. The molecule has 1 N–H and O–H groups in total. The van der Waals surface area contributed by atoms with E-state index in [0.717, 1.165) is 30.5 Å². The van der Waals surface area contributed by atoms with Gasteiger partial charge in [0.25, 0.3) is 0 Å². The molecule has 2 nitrogen and oxygen atoms in total. The Kier molecular flexibility index (Phi) is 4.53. The Morgan fingerprint density at radius 2 is 2.06 bits per heavy atom. The summed E-state index contributed by atoms with van der Waals surface area (Å²) < 4.78 is 18.2. The summed E-state index contributed by atoms with van der Waals surface area (Å²) in [4.78, 5) is 0. The van der Waals surface area contributed by atoms with Crippen molar-refractivity contribution in [1.29, 1.82) is 0 Å². The molecule has 0 fully saturated rings. The maximum Gasteiger partial charge on any atom is 0.123 e. The van der Waals surface area contributed by atoms with Crippen molar-refractivity contribution in [2.75, 3.05) is 6.54 Å². The third kappa shape index (κ3) is 3.70. The first-order valence-electron chi connectivity index (χ1n) is 6.27. The first kappa shape index (κ1) is 12.8. The van der Waals surface area contributed by atoms with Gasteiger partial charge in [-0.15, -0.1) is 0 Å². The minimum atomic E-state index is -0.175. The third-order valence-electron chi connectivity index (χ3n) is 2.93. The van der Waals surface area contributed by atoms with Gasteiger partial charge in [-0.1, -0.05) is 19.1 Å². The second kappa shape index (κ2) is 6.36. The molecule has 3 heteroatoms. The molecule has 0 aliphatic rings. The minimum Gasteiger partial charge on any atom is -0.472 e.